The van der Waals surface area contributed by atoms with Gasteiger partial charge in [-0.1, -0.05) is 19.9 Å². The quantitative estimate of drug-likeness (QED) is 0.629. The molecular weight excluding hydrogens is 358 g/mol. The highest BCUT2D eigenvalue weighted by molar-refractivity contribution is 5.99. The average Bonchev–Trinajstić information content (AvgIpc) is 3.03. The molecule has 1 aliphatic rings. The van der Waals surface area contributed by atoms with Crippen LogP contribution in [0.4, 0.5) is 5.69 Å². The van der Waals surface area contributed by atoms with Gasteiger partial charge in [0, 0.05) is 17.4 Å². The standard InChI is InChI=1S/C20H19N5O3/c1-20(2)14(15(20)19(27)28)18(26)22-12-8-6-11(7-9-12)16-23-17(25-24-16)13-5-3-4-10-21-13/h3-10,14-15H,1-2H3,(H,22,26)(H,27,28)(H,23,24,25)/t14-,15-/m0/s1. The van der Waals surface area contributed by atoms with E-state index in [1.54, 1.807) is 44.3 Å². The summed E-state index contributed by atoms with van der Waals surface area (Å²) >= 11 is 0. The molecule has 142 valence electrons. The predicted octanol–water partition coefficient (Wildman–Crippen LogP) is 2.83. The van der Waals surface area contributed by atoms with Gasteiger partial charge in [0.05, 0.1) is 11.8 Å². The van der Waals surface area contributed by atoms with Crippen molar-refractivity contribution >= 4 is 17.6 Å². The summed E-state index contributed by atoms with van der Waals surface area (Å²) in [5.41, 5.74) is 1.55. The molecule has 4 rings (SSSR count). The Labute approximate surface area is 161 Å². The molecular formula is C20H19N5O3. The molecule has 1 saturated carbocycles. The molecule has 1 fully saturated rings. The van der Waals surface area contributed by atoms with Gasteiger partial charge in [-0.2, -0.15) is 5.10 Å². The number of amides is 1. The van der Waals surface area contributed by atoms with E-state index in [0.717, 1.165) is 5.56 Å². The van der Waals surface area contributed by atoms with Crippen LogP contribution in [0, 0.1) is 17.3 Å². The number of carbonyl (C=O) groups excluding carboxylic acids is 1. The summed E-state index contributed by atoms with van der Waals surface area (Å²) in [4.78, 5) is 32.3. The van der Waals surface area contributed by atoms with Crippen molar-refractivity contribution in [3.05, 3.63) is 48.7 Å². The summed E-state index contributed by atoms with van der Waals surface area (Å²) < 4.78 is 0. The lowest BCUT2D eigenvalue weighted by molar-refractivity contribution is -0.140. The third kappa shape index (κ3) is 3.13. The summed E-state index contributed by atoms with van der Waals surface area (Å²) in [6, 6.07) is 12.6. The van der Waals surface area contributed by atoms with Crippen LogP contribution in [0.5, 0.6) is 0 Å². The summed E-state index contributed by atoms with van der Waals surface area (Å²) in [5.74, 6) is -1.30. The predicted molar refractivity (Wildman–Crippen MR) is 102 cm³/mol. The van der Waals surface area contributed by atoms with Crippen molar-refractivity contribution < 1.29 is 14.7 Å². The van der Waals surface area contributed by atoms with Crippen molar-refractivity contribution in [1.82, 2.24) is 20.2 Å². The minimum absolute atomic E-state index is 0.277. The number of anilines is 1. The fraction of sp³-hybridized carbons (Fsp3) is 0.250. The number of pyridine rings is 1. The van der Waals surface area contributed by atoms with Gasteiger partial charge in [0.25, 0.3) is 0 Å². The van der Waals surface area contributed by atoms with Crippen molar-refractivity contribution in [2.75, 3.05) is 5.32 Å². The van der Waals surface area contributed by atoms with Crippen molar-refractivity contribution in [3.8, 4) is 22.9 Å². The topological polar surface area (TPSA) is 121 Å². The van der Waals surface area contributed by atoms with Crippen LogP contribution < -0.4 is 5.32 Å². The van der Waals surface area contributed by atoms with Crippen LogP contribution in [0.15, 0.2) is 48.7 Å². The number of nitrogens with one attached hydrogen (secondary N) is 2. The lowest BCUT2D eigenvalue weighted by Gasteiger charge is -2.06. The van der Waals surface area contributed by atoms with E-state index < -0.39 is 23.2 Å². The first-order chi connectivity index (χ1) is 13.4. The molecule has 0 saturated heterocycles. The Morgan fingerprint density at radius 2 is 1.86 bits per heavy atom. The molecule has 0 aliphatic heterocycles. The van der Waals surface area contributed by atoms with Crippen LogP contribution in [0.2, 0.25) is 0 Å². The highest BCUT2D eigenvalue weighted by Gasteiger charge is 2.65. The van der Waals surface area contributed by atoms with Gasteiger partial charge >= 0.3 is 5.97 Å². The Morgan fingerprint density at radius 3 is 2.46 bits per heavy atom. The SMILES string of the molecule is CC1(C)[C@H](C(=O)O)[C@H]1C(=O)Nc1ccc(-c2n[nH]c(-c3ccccn3)n2)cc1. The van der Waals surface area contributed by atoms with Crippen molar-refractivity contribution in [2.24, 2.45) is 17.3 Å². The van der Waals surface area contributed by atoms with Crippen LogP contribution in [-0.2, 0) is 9.59 Å². The number of aromatic nitrogens is 4. The Hall–Kier alpha value is -3.55. The molecule has 28 heavy (non-hydrogen) atoms. The normalized spacial score (nSPS) is 19.8. The summed E-state index contributed by atoms with van der Waals surface area (Å²) in [5, 5.41) is 19.1. The number of carboxylic acids is 1. The minimum Gasteiger partial charge on any atom is -0.481 e. The van der Waals surface area contributed by atoms with E-state index in [4.69, 9.17) is 0 Å². The molecule has 1 aromatic carbocycles. The zero-order valence-corrected chi connectivity index (χ0v) is 15.4. The molecule has 0 unspecified atom stereocenters. The van der Waals surface area contributed by atoms with Gasteiger partial charge < -0.3 is 10.4 Å². The molecule has 3 N–H and O–H groups in total. The zero-order chi connectivity index (χ0) is 19.9. The number of rotatable bonds is 5. The second-order valence-corrected chi connectivity index (χ2v) is 7.40. The van der Waals surface area contributed by atoms with Gasteiger partial charge in [-0.05, 0) is 41.8 Å². The maximum Gasteiger partial charge on any atom is 0.307 e. The van der Waals surface area contributed by atoms with Crippen LogP contribution in [-0.4, -0.2) is 37.1 Å². The smallest absolute Gasteiger partial charge is 0.307 e. The third-order valence-electron chi connectivity index (χ3n) is 5.18. The maximum absolute atomic E-state index is 12.4. The van der Waals surface area contributed by atoms with Gasteiger partial charge in [-0.25, -0.2) is 4.98 Å². The van der Waals surface area contributed by atoms with Crippen molar-refractivity contribution in [2.45, 2.75) is 13.8 Å². The molecule has 1 amide bonds. The number of carbonyl (C=O) groups is 2. The highest BCUT2D eigenvalue weighted by Crippen LogP contribution is 2.58. The number of hydrogen-bond acceptors (Lipinski definition) is 5. The number of aromatic amines is 1. The first-order valence-corrected chi connectivity index (χ1v) is 8.86. The van der Waals surface area contributed by atoms with E-state index in [1.165, 1.54) is 0 Å². The van der Waals surface area contributed by atoms with Crippen molar-refractivity contribution in [1.29, 1.82) is 0 Å². The zero-order valence-electron chi connectivity index (χ0n) is 15.4. The monoisotopic (exact) mass is 377 g/mol. The van der Waals surface area contributed by atoms with Crippen LogP contribution >= 0.6 is 0 Å². The Balaban J connectivity index is 1.46. The maximum atomic E-state index is 12.4. The molecule has 3 aromatic rings. The molecule has 8 heteroatoms. The highest BCUT2D eigenvalue weighted by atomic mass is 16.4. The number of hydrogen-bond donors (Lipinski definition) is 3. The summed E-state index contributed by atoms with van der Waals surface area (Å²) in [6.07, 6.45) is 1.69. The third-order valence-corrected chi connectivity index (χ3v) is 5.18. The van der Waals surface area contributed by atoms with E-state index in [9.17, 15) is 14.7 Å². The van der Waals surface area contributed by atoms with Crippen molar-refractivity contribution in [3.63, 3.8) is 0 Å². The van der Waals surface area contributed by atoms with Crippen LogP contribution in [0.25, 0.3) is 22.9 Å². The van der Waals surface area contributed by atoms with Gasteiger partial charge in [0.1, 0.15) is 5.69 Å². The summed E-state index contributed by atoms with van der Waals surface area (Å²) in [6.45, 7) is 3.59. The second kappa shape index (κ2) is 6.56. The number of aliphatic carboxylic acids is 1. The Kier molecular flexibility index (Phi) is 4.18. The van der Waals surface area contributed by atoms with Gasteiger partial charge in [0.15, 0.2) is 11.6 Å². The molecule has 0 spiro atoms. The minimum atomic E-state index is -0.936. The van der Waals surface area contributed by atoms with Gasteiger partial charge in [-0.3, -0.25) is 19.7 Å². The first kappa shape index (κ1) is 17.8. The molecule has 2 aromatic heterocycles. The number of nitrogens with zero attached hydrogens (tertiary/aromatic N) is 3. The molecule has 8 nitrogen and oxygen atoms in total. The molecule has 1 aliphatic carbocycles. The van der Waals surface area contributed by atoms with E-state index >= 15 is 0 Å². The Morgan fingerprint density at radius 1 is 1.11 bits per heavy atom. The second-order valence-electron chi connectivity index (χ2n) is 7.40. The lowest BCUT2D eigenvalue weighted by Crippen LogP contribution is -2.17. The number of carboxylic acid groups (broad SMARTS) is 1. The van der Waals surface area contributed by atoms with E-state index in [0.29, 0.717) is 23.0 Å². The fourth-order valence-corrected chi connectivity index (χ4v) is 3.52. The van der Waals surface area contributed by atoms with E-state index in [2.05, 4.69) is 25.5 Å². The van der Waals surface area contributed by atoms with Gasteiger partial charge in [0.2, 0.25) is 5.91 Å². The number of benzene rings is 1. The molecule has 0 radical (unpaired) electrons. The van der Waals surface area contributed by atoms with Gasteiger partial charge in [-0.15, -0.1) is 0 Å². The number of H-pyrrole nitrogens is 1. The van der Waals surface area contributed by atoms with Crippen LogP contribution in [0.3, 0.4) is 0 Å². The average molecular weight is 377 g/mol. The van der Waals surface area contributed by atoms with E-state index in [1.807, 2.05) is 18.2 Å². The fourth-order valence-electron chi connectivity index (χ4n) is 3.52. The molecule has 2 heterocycles. The summed E-state index contributed by atoms with van der Waals surface area (Å²) in [7, 11) is 0. The first-order valence-electron chi connectivity index (χ1n) is 8.86. The molecule has 0 bridgehead atoms. The van der Waals surface area contributed by atoms with Crippen LogP contribution in [0.1, 0.15) is 13.8 Å². The van der Waals surface area contributed by atoms with E-state index in [-0.39, 0.29) is 5.91 Å². The largest absolute Gasteiger partial charge is 0.481 e. The lowest BCUT2D eigenvalue weighted by atomic mass is 10.1. The molecule has 2 atom stereocenters. The Bertz CT molecular complexity index is 1030.